The molecule has 0 saturated carbocycles. The first-order valence-electron chi connectivity index (χ1n) is 6.51. The van der Waals surface area contributed by atoms with E-state index >= 15 is 0 Å². The van der Waals surface area contributed by atoms with Gasteiger partial charge in [-0.05, 0) is 27.7 Å². The van der Waals surface area contributed by atoms with Crippen LogP contribution < -0.4 is 16.4 Å². The van der Waals surface area contributed by atoms with Crippen LogP contribution in [0.2, 0.25) is 0 Å². The number of rotatable bonds is 4. The third-order valence-corrected chi connectivity index (χ3v) is 4.45. The third kappa shape index (κ3) is 4.15. The van der Waals surface area contributed by atoms with Gasteiger partial charge in [0.15, 0.2) is 5.13 Å². The second-order valence-electron chi connectivity index (χ2n) is 5.67. The van der Waals surface area contributed by atoms with Crippen molar-refractivity contribution < 1.29 is 4.79 Å². The van der Waals surface area contributed by atoms with Crippen LogP contribution in [-0.2, 0) is 0 Å². The van der Waals surface area contributed by atoms with E-state index in [-0.39, 0.29) is 23.3 Å². The zero-order valence-corrected chi connectivity index (χ0v) is 14.1. The molecule has 0 spiro atoms. The van der Waals surface area contributed by atoms with Gasteiger partial charge in [-0.25, -0.2) is 9.97 Å². The van der Waals surface area contributed by atoms with Crippen LogP contribution in [-0.4, -0.2) is 21.4 Å². The summed E-state index contributed by atoms with van der Waals surface area (Å²) in [5.74, 6) is 0.0187. The van der Waals surface area contributed by atoms with Gasteiger partial charge in [-0.3, -0.25) is 4.79 Å². The number of carbonyl (C=O) groups excluding carboxylic acids is 1. The number of thiazole rings is 2. The molecule has 4 N–H and O–H groups in total. The highest BCUT2D eigenvalue weighted by molar-refractivity contribution is 7.18. The van der Waals surface area contributed by atoms with Crippen molar-refractivity contribution in [3.63, 3.8) is 0 Å². The number of carbonyl (C=O) groups is 1. The summed E-state index contributed by atoms with van der Waals surface area (Å²) in [5, 5.41) is 9.49. The van der Waals surface area contributed by atoms with E-state index in [1.807, 2.05) is 33.1 Å². The maximum absolute atomic E-state index is 12.3. The second-order valence-corrected chi connectivity index (χ2v) is 7.60. The molecule has 0 saturated heterocycles. The summed E-state index contributed by atoms with van der Waals surface area (Å²) in [6.45, 7) is 7.96. The Bertz CT molecular complexity index is 615. The highest BCUT2D eigenvalue weighted by Crippen LogP contribution is 2.28. The molecule has 8 heteroatoms. The quantitative estimate of drug-likeness (QED) is 0.804. The molecule has 0 aliphatic carbocycles. The molecule has 2 aromatic rings. The molecule has 114 valence electrons. The first-order chi connectivity index (χ1) is 9.76. The van der Waals surface area contributed by atoms with Gasteiger partial charge in [-0.1, -0.05) is 11.3 Å². The van der Waals surface area contributed by atoms with Gasteiger partial charge in [-0.2, -0.15) is 0 Å². The van der Waals surface area contributed by atoms with E-state index in [9.17, 15) is 4.79 Å². The minimum Gasteiger partial charge on any atom is -0.382 e. The van der Waals surface area contributed by atoms with Gasteiger partial charge in [0, 0.05) is 17.1 Å². The van der Waals surface area contributed by atoms with E-state index in [2.05, 4.69) is 20.6 Å². The largest absolute Gasteiger partial charge is 0.382 e. The highest BCUT2D eigenvalue weighted by atomic mass is 32.1. The lowest BCUT2D eigenvalue weighted by atomic mass is 10.1. The van der Waals surface area contributed by atoms with Crippen molar-refractivity contribution in [1.82, 2.24) is 15.3 Å². The fourth-order valence-corrected chi connectivity index (χ4v) is 3.28. The van der Waals surface area contributed by atoms with E-state index in [4.69, 9.17) is 5.73 Å². The molecule has 0 radical (unpaired) electrons. The van der Waals surface area contributed by atoms with Crippen LogP contribution >= 0.6 is 22.7 Å². The van der Waals surface area contributed by atoms with Crippen LogP contribution in [0.3, 0.4) is 0 Å². The van der Waals surface area contributed by atoms with E-state index in [0.717, 1.165) is 5.01 Å². The molecule has 0 fully saturated rings. The Morgan fingerprint density at radius 1 is 1.43 bits per heavy atom. The minimum absolute atomic E-state index is 0.133. The Morgan fingerprint density at radius 3 is 2.71 bits per heavy atom. The molecule has 1 unspecified atom stereocenters. The normalized spacial score (nSPS) is 13.0. The Hall–Kier alpha value is -1.67. The molecule has 0 bridgehead atoms. The van der Waals surface area contributed by atoms with Gasteiger partial charge in [0.25, 0.3) is 5.91 Å². The van der Waals surface area contributed by atoms with Crippen molar-refractivity contribution >= 4 is 39.5 Å². The molecular weight excluding hydrogens is 306 g/mol. The van der Waals surface area contributed by atoms with Gasteiger partial charge < -0.3 is 16.4 Å². The van der Waals surface area contributed by atoms with Crippen LogP contribution in [0.15, 0.2) is 11.6 Å². The second kappa shape index (κ2) is 5.98. The van der Waals surface area contributed by atoms with Crippen LogP contribution in [0.25, 0.3) is 0 Å². The summed E-state index contributed by atoms with van der Waals surface area (Å²) in [7, 11) is 0. The minimum atomic E-state index is -0.227. The number of anilines is 2. The van der Waals surface area contributed by atoms with Crippen molar-refractivity contribution in [2.45, 2.75) is 39.3 Å². The Labute approximate surface area is 131 Å². The standard InChI is InChI=1S/C13H19N5OS2/c1-7(11-15-5-6-20-11)16-10(19)8-9(14)17-12(21-8)18-13(2,3)4/h5-7H,14H2,1-4H3,(H,16,19)(H,17,18). The van der Waals surface area contributed by atoms with Crippen molar-refractivity contribution in [2.75, 3.05) is 11.1 Å². The van der Waals surface area contributed by atoms with E-state index < -0.39 is 0 Å². The van der Waals surface area contributed by atoms with E-state index in [1.165, 1.54) is 22.7 Å². The lowest BCUT2D eigenvalue weighted by molar-refractivity contribution is 0.0944. The zero-order valence-electron chi connectivity index (χ0n) is 12.4. The van der Waals surface area contributed by atoms with Gasteiger partial charge >= 0.3 is 0 Å². The van der Waals surface area contributed by atoms with Gasteiger partial charge in [0.2, 0.25) is 0 Å². The van der Waals surface area contributed by atoms with Crippen LogP contribution in [0.4, 0.5) is 10.9 Å². The maximum Gasteiger partial charge on any atom is 0.265 e. The van der Waals surface area contributed by atoms with Crippen LogP contribution in [0, 0.1) is 0 Å². The summed E-state index contributed by atoms with van der Waals surface area (Å²) >= 11 is 2.76. The predicted molar refractivity (Wildman–Crippen MR) is 87.9 cm³/mol. The maximum atomic E-state index is 12.3. The van der Waals surface area contributed by atoms with E-state index in [1.54, 1.807) is 6.20 Å². The fourth-order valence-electron chi connectivity index (χ4n) is 1.64. The number of nitrogens with one attached hydrogen (secondary N) is 2. The molecule has 0 aliphatic heterocycles. The molecule has 2 heterocycles. The Kier molecular flexibility index (Phi) is 4.48. The van der Waals surface area contributed by atoms with Gasteiger partial charge in [0.05, 0.1) is 6.04 Å². The zero-order chi connectivity index (χ0) is 15.6. The number of nitrogens with zero attached hydrogens (tertiary/aromatic N) is 2. The topological polar surface area (TPSA) is 92.9 Å². The first-order valence-corrected chi connectivity index (χ1v) is 8.20. The summed E-state index contributed by atoms with van der Waals surface area (Å²) in [5.41, 5.74) is 5.71. The molecule has 2 aromatic heterocycles. The monoisotopic (exact) mass is 325 g/mol. The lowest BCUT2D eigenvalue weighted by Gasteiger charge is -2.19. The molecule has 6 nitrogen and oxygen atoms in total. The molecule has 21 heavy (non-hydrogen) atoms. The SMILES string of the molecule is CC(NC(=O)c1sc(NC(C)(C)C)nc1N)c1nccs1. The van der Waals surface area contributed by atoms with Gasteiger partial charge in [-0.15, -0.1) is 11.3 Å². The fraction of sp³-hybridized carbons (Fsp3) is 0.462. The number of aromatic nitrogens is 2. The van der Waals surface area contributed by atoms with Crippen molar-refractivity contribution in [1.29, 1.82) is 0 Å². The summed E-state index contributed by atoms with van der Waals surface area (Å²) < 4.78 is 0. The number of nitrogens with two attached hydrogens (primary N) is 1. The molecule has 0 aromatic carbocycles. The Morgan fingerprint density at radius 2 is 2.14 bits per heavy atom. The molecular formula is C13H19N5OS2. The summed E-state index contributed by atoms with van der Waals surface area (Å²) in [6, 6.07) is -0.155. The number of hydrogen-bond acceptors (Lipinski definition) is 7. The summed E-state index contributed by atoms with van der Waals surface area (Å²) in [6.07, 6.45) is 1.72. The molecule has 1 amide bonds. The molecule has 2 rings (SSSR count). The van der Waals surface area contributed by atoms with Crippen molar-refractivity contribution in [2.24, 2.45) is 0 Å². The van der Waals surface area contributed by atoms with Crippen LogP contribution in [0.1, 0.15) is 48.4 Å². The lowest BCUT2D eigenvalue weighted by Crippen LogP contribution is -2.26. The number of hydrogen-bond donors (Lipinski definition) is 3. The predicted octanol–water partition coefficient (Wildman–Crippen LogP) is 2.88. The van der Waals surface area contributed by atoms with Crippen molar-refractivity contribution in [3.8, 4) is 0 Å². The molecule has 0 aliphatic rings. The average molecular weight is 325 g/mol. The van der Waals surface area contributed by atoms with Crippen molar-refractivity contribution in [3.05, 3.63) is 21.5 Å². The number of nitrogen functional groups attached to an aromatic ring is 1. The number of amides is 1. The highest BCUT2D eigenvalue weighted by Gasteiger charge is 2.21. The first kappa shape index (κ1) is 15.7. The Balaban J connectivity index is 2.09. The molecule has 1 atom stereocenters. The average Bonchev–Trinajstić information content (AvgIpc) is 2.96. The smallest absolute Gasteiger partial charge is 0.265 e. The summed E-state index contributed by atoms with van der Waals surface area (Å²) in [4.78, 5) is 21.1. The van der Waals surface area contributed by atoms with Crippen LogP contribution in [0.5, 0.6) is 0 Å². The third-order valence-electron chi connectivity index (χ3n) is 2.51. The van der Waals surface area contributed by atoms with E-state index in [0.29, 0.717) is 10.0 Å². The van der Waals surface area contributed by atoms with Gasteiger partial charge in [0.1, 0.15) is 15.7 Å².